The van der Waals surface area contributed by atoms with Gasteiger partial charge < -0.3 is 14.5 Å². The van der Waals surface area contributed by atoms with Crippen molar-refractivity contribution in [3.05, 3.63) is 168 Å². The SMILES string of the molecule is CCCc1nc(-c2cccnc2)cn2c(C(Cc3cn(C(c4ccccc4)(c4ccccc4)c4ccccc4)cn3)C(=O)[O-])nnc12.[Na+]. The third-order valence-electron chi connectivity index (χ3n) is 8.54. The van der Waals surface area contributed by atoms with E-state index in [9.17, 15) is 9.90 Å². The molecule has 0 fully saturated rings. The number of pyridine rings is 1. The summed E-state index contributed by atoms with van der Waals surface area (Å²) >= 11 is 0. The maximum absolute atomic E-state index is 12.8. The Morgan fingerprint density at radius 2 is 1.46 bits per heavy atom. The fraction of sp³-hybridized carbons (Fsp3) is 0.158. The van der Waals surface area contributed by atoms with E-state index in [1.54, 1.807) is 29.3 Å². The second kappa shape index (κ2) is 14.4. The van der Waals surface area contributed by atoms with Crippen LogP contribution < -0.4 is 34.7 Å². The molecule has 4 aromatic heterocycles. The van der Waals surface area contributed by atoms with Crippen LogP contribution in [0.2, 0.25) is 0 Å². The van der Waals surface area contributed by atoms with E-state index in [1.165, 1.54) is 0 Å². The minimum atomic E-state index is -1.26. The molecular formula is C38H32N7NaO2. The van der Waals surface area contributed by atoms with Crippen molar-refractivity contribution in [2.45, 2.75) is 37.6 Å². The van der Waals surface area contributed by atoms with Crippen LogP contribution in [-0.4, -0.2) is 40.1 Å². The third kappa shape index (κ3) is 6.08. The largest absolute Gasteiger partial charge is 1.00 e. The maximum Gasteiger partial charge on any atom is 1.00 e. The summed E-state index contributed by atoms with van der Waals surface area (Å²) in [5, 5.41) is 21.6. The van der Waals surface area contributed by atoms with E-state index in [4.69, 9.17) is 9.97 Å². The summed E-state index contributed by atoms with van der Waals surface area (Å²) < 4.78 is 3.81. The number of hydrogen-bond donors (Lipinski definition) is 0. The van der Waals surface area contributed by atoms with Crippen LogP contribution in [0.4, 0.5) is 0 Å². The second-order valence-corrected chi connectivity index (χ2v) is 11.5. The van der Waals surface area contributed by atoms with Gasteiger partial charge in [-0.2, -0.15) is 0 Å². The quantitative estimate of drug-likeness (QED) is 0.157. The molecular weight excluding hydrogens is 609 g/mol. The van der Waals surface area contributed by atoms with Crippen molar-refractivity contribution < 1.29 is 39.5 Å². The Balaban J connectivity index is 0.00000401. The molecule has 1 unspecified atom stereocenters. The molecule has 3 aromatic carbocycles. The predicted molar refractivity (Wildman–Crippen MR) is 176 cm³/mol. The molecule has 7 rings (SSSR count). The summed E-state index contributed by atoms with van der Waals surface area (Å²) in [5.74, 6) is -2.11. The fourth-order valence-electron chi connectivity index (χ4n) is 6.40. The molecule has 0 radical (unpaired) electrons. The zero-order chi connectivity index (χ0) is 32.2. The summed E-state index contributed by atoms with van der Waals surface area (Å²) in [7, 11) is 0. The topological polar surface area (TPSA) is 114 Å². The summed E-state index contributed by atoms with van der Waals surface area (Å²) in [6, 6.07) is 34.5. The second-order valence-electron chi connectivity index (χ2n) is 11.5. The van der Waals surface area contributed by atoms with Crippen LogP contribution >= 0.6 is 0 Å². The first-order valence-electron chi connectivity index (χ1n) is 15.6. The Bertz CT molecular complexity index is 2020. The number of carbonyl (C=O) groups is 1. The average molecular weight is 642 g/mol. The van der Waals surface area contributed by atoms with Gasteiger partial charge in [0.25, 0.3) is 0 Å². The van der Waals surface area contributed by atoms with E-state index >= 15 is 0 Å². The molecule has 48 heavy (non-hydrogen) atoms. The Morgan fingerprint density at radius 1 is 0.833 bits per heavy atom. The van der Waals surface area contributed by atoms with Crippen molar-refractivity contribution in [3.8, 4) is 11.3 Å². The smallest absolute Gasteiger partial charge is 0.549 e. The number of carbonyl (C=O) groups excluding carboxylic acids is 1. The monoisotopic (exact) mass is 641 g/mol. The molecule has 0 bridgehead atoms. The molecule has 0 amide bonds. The van der Waals surface area contributed by atoms with Crippen molar-refractivity contribution >= 4 is 11.6 Å². The van der Waals surface area contributed by atoms with Crippen molar-refractivity contribution in [1.29, 1.82) is 0 Å². The Morgan fingerprint density at radius 3 is 2.00 bits per heavy atom. The number of hydrogen-bond acceptors (Lipinski definition) is 7. The number of nitrogens with zero attached hydrogens (tertiary/aromatic N) is 7. The van der Waals surface area contributed by atoms with E-state index in [1.807, 2.05) is 72.9 Å². The number of aliphatic carboxylic acids is 1. The van der Waals surface area contributed by atoms with Gasteiger partial charge in [-0.15, -0.1) is 10.2 Å². The fourth-order valence-corrected chi connectivity index (χ4v) is 6.40. The van der Waals surface area contributed by atoms with Gasteiger partial charge in [0.1, 0.15) is 11.4 Å². The number of aromatic nitrogens is 7. The average Bonchev–Trinajstić information content (AvgIpc) is 3.77. The van der Waals surface area contributed by atoms with E-state index in [-0.39, 0.29) is 41.8 Å². The third-order valence-corrected chi connectivity index (χ3v) is 8.54. The zero-order valence-corrected chi connectivity index (χ0v) is 28.8. The van der Waals surface area contributed by atoms with Gasteiger partial charge in [0.15, 0.2) is 5.65 Å². The first-order valence-corrected chi connectivity index (χ1v) is 15.6. The Labute approximate surface area is 300 Å². The standard InChI is InChI=1S/C38H33N7O2.Na/c1-2-13-33-36-43-42-35(45(36)25-34(41-33)27-14-12-21-39-23-27)32(37(46)47)22-31-24-44(26-40-31)38(28-15-6-3-7-16-28,29-17-8-4-9-18-29)30-19-10-5-11-20-30;/h3-12,14-21,23-26,32H,2,13,22H2,1H3,(H,46,47);/q;+1/p-1. The molecule has 0 saturated heterocycles. The summed E-state index contributed by atoms with van der Waals surface area (Å²) in [4.78, 5) is 26.7. The first kappa shape index (κ1) is 33.0. The first-order chi connectivity index (χ1) is 23.1. The van der Waals surface area contributed by atoms with Gasteiger partial charge in [0.2, 0.25) is 0 Å². The molecule has 0 aliphatic carbocycles. The van der Waals surface area contributed by atoms with Gasteiger partial charge in [-0.3, -0.25) is 9.38 Å². The normalized spacial score (nSPS) is 12.0. The molecule has 4 heterocycles. The Kier molecular flexibility index (Phi) is 9.91. The minimum Gasteiger partial charge on any atom is -0.549 e. The van der Waals surface area contributed by atoms with Crippen LogP contribution in [0.5, 0.6) is 0 Å². The molecule has 0 saturated carbocycles. The van der Waals surface area contributed by atoms with Crippen LogP contribution in [-0.2, 0) is 23.2 Å². The van der Waals surface area contributed by atoms with Crippen LogP contribution in [0.25, 0.3) is 16.9 Å². The summed E-state index contributed by atoms with van der Waals surface area (Å²) in [5.41, 5.74) is 5.69. The summed E-state index contributed by atoms with van der Waals surface area (Å²) in [6.45, 7) is 2.06. The van der Waals surface area contributed by atoms with Crippen LogP contribution in [0, 0.1) is 0 Å². The van der Waals surface area contributed by atoms with E-state index in [2.05, 4.69) is 63.1 Å². The van der Waals surface area contributed by atoms with E-state index in [0.717, 1.165) is 34.4 Å². The molecule has 9 nitrogen and oxygen atoms in total. The summed E-state index contributed by atoms with van der Waals surface area (Å²) in [6.07, 6.45) is 10.5. The van der Waals surface area contributed by atoms with Crippen molar-refractivity contribution in [3.63, 3.8) is 0 Å². The van der Waals surface area contributed by atoms with Gasteiger partial charge in [0, 0.05) is 36.8 Å². The van der Waals surface area contributed by atoms with Crippen LogP contribution in [0.1, 0.15) is 53.2 Å². The number of carboxylic acids is 1. The zero-order valence-electron chi connectivity index (χ0n) is 26.8. The van der Waals surface area contributed by atoms with Gasteiger partial charge in [-0.05, 0) is 35.2 Å². The minimum absolute atomic E-state index is 0. The van der Waals surface area contributed by atoms with Crippen molar-refractivity contribution in [2.75, 3.05) is 0 Å². The molecule has 0 N–H and O–H groups in total. The molecule has 232 valence electrons. The number of carboxylic acid groups (broad SMARTS) is 1. The van der Waals surface area contributed by atoms with E-state index in [0.29, 0.717) is 23.5 Å². The van der Waals surface area contributed by atoms with Gasteiger partial charge in [-0.1, -0.05) is 104 Å². The Hall–Kier alpha value is -4.96. The van der Waals surface area contributed by atoms with Crippen LogP contribution in [0.3, 0.4) is 0 Å². The molecule has 0 spiro atoms. The molecule has 1 atom stereocenters. The van der Waals surface area contributed by atoms with Crippen LogP contribution in [0.15, 0.2) is 134 Å². The van der Waals surface area contributed by atoms with Gasteiger partial charge in [-0.25, -0.2) is 9.97 Å². The van der Waals surface area contributed by atoms with Gasteiger partial charge >= 0.3 is 29.6 Å². The number of imidazole rings is 1. The maximum atomic E-state index is 12.8. The predicted octanol–water partition coefficient (Wildman–Crippen LogP) is 2.26. The number of rotatable bonds is 11. The molecule has 0 aliphatic rings. The number of benzene rings is 3. The molecule has 7 aromatic rings. The van der Waals surface area contributed by atoms with Gasteiger partial charge in [0.05, 0.1) is 35.3 Å². The van der Waals surface area contributed by atoms with Crippen molar-refractivity contribution in [1.82, 2.24) is 34.1 Å². The van der Waals surface area contributed by atoms with E-state index < -0.39 is 17.4 Å². The number of aryl methyl sites for hydroxylation is 1. The number of fused-ring (bicyclic) bond motifs is 1. The molecule has 0 aliphatic heterocycles. The molecule has 10 heteroatoms. The van der Waals surface area contributed by atoms with Crippen molar-refractivity contribution in [2.24, 2.45) is 0 Å².